The van der Waals surface area contributed by atoms with Crippen LogP contribution in [0, 0.1) is 0 Å². The molecule has 20 heavy (non-hydrogen) atoms. The van der Waals surface area contributed by atoms with Gasteiger partial charge in [0.2, 0.25) is 0 Å². The number of fused-ring (bicyclic) bond motifs is 1. The van der Waals surface area contributed by atoms with Gasteiger partial charge < -0.3 is 10.2 Å². The molecule has 2 aromatic heterocycles. The molecular formula is C15H16N4O. The third-order valence-corrected chi connectivity index (χ3v) is 3.16. The summed E-state index contributed by atoms with van der Waals surface area (Å²) in [6.07, 6.45) is 4.90. The van der Waals surface area contributed by atoms with E-state index in [0.717, 1.165) is 41.0 Å². The van der Waals surface area contributed by atoms with Gasteiger partial charge >= 0.3 is 0 Å². The van der Waals surface area contributed by atoms with Gasteiger partial charge in [-0.05, 0) is 31.5 Å². The predicted molar refractivity (Wildman–Crippen MR) is 77.0 cm³/mol. The normalized spacial score (nSPS) is 12.7. The molecule has 2 N–H and O–H groups in total. The first-order valence-corrected chi connectivity index (χ1v) is 6.63. The van der Waals surface area contributed by atoms with Crippen molar-refractivity contribution in [1.29, 1.82) is 0 Å². The summed E-state index contributed by atoms with van der Waals surface area (Å²) >= 11 is 0. The van der Waals surface area contributed by atoms with E-state index in [9.17, 15) is 0 Å². The smallest absolute Gasteiger partial charge is 0.181 e. The first-order valence-electron chi connectivity index (χ1n) is 6.63. The number of hydrogen-bond donors (Lipinski definition) is 1. The number of nitrogens with two attached hydrogens (primary N) is 1. The number of oxazole rings is 1. The molecule has 0 bridgehead atoms. The summed E-state index contributed by atoms with van der Waals surface area (Å²) in [5, 5.41) is 0. The fourth-order valence-electron chi connectivity index (χ4n) is 2.05. The van der Waals surface area contributed by atoms with Crippen molar-refractivity contribution in [1.82, 2.24) is 15.0 Å². The second-order valence-electron chi connectivity index (χ2n) is 4.91. The lowest BCUT2D eigenvalue weighted by Gasteiger charge is -2.05. The molecule has 0 aliphatic carbocycles. The highest BCUT2D eigenvalue weighted by Crippen LogP contribution is 2.22. The molecule has 0 amide bonds. The Labute approximate surface area is 116 Å². The van der Waals surface area contributed by atoms with E-state index >= 15 is 0 Å². The molecule has 2 heterocycles. The van der Waals surface area contributed by atoms with E-state index in [4.69, 9.17) is 10.2 Å². The van der Waals surface area contributed by atoms with Gasteiger partial charge in [0.1, 0.15) is 11.3 Å². The molecule has 0 aliphatic rings. The van der Waals surface area contributed by atoms with Crippen LogP contribution in [0.25, 0.3) is 22.4 Å². The summed E-state index contributed by atoms with van der Waals surface area (Å²) < 4.78 is 5.32. The van der Waals surface area contributed by atoms with Crippen molar-refractivity contribution in [3.8, 4) is 11.3 Å². The third-order valence-electron chi connectivity index (χ3n) is 3.16. The first kappa shape index (κ1) is 12.7. The predicted octanol–water partition coefficient (Wildman–Crippen LogP) is 2.56. The number of nitrogens with zero attached hydrogens (tertiary/aromatic N) is 3. The lowest BCUT2D eigenvalue weighted by atomic mass is 10.1. The summed E-state index contributed by atoms with van der Waals surface area (Å²) in [5.41, 5.74) is 9.26. The van der Waals surface area contributed by atoms with Gasteiger partial charge in [-0.25, -0.2) is 15.0 Å². The molecule has 1 atom stereocenters. The number of benzene rings is 1. The molecule has 0 radical (unpaired) electrons. The van der Waals surface area contributed by atoms with E-state index in [2.05, 4.69) is 15.0 Å². The maximum atomic E-state index is 5.76. The molecule has 1 unspecified atom stereocenters. The van der Waals surface area contributed by atoms with Gasteiger partial charge in [-0.2, -0.15) is 0 Å². The Hall–Kier alpha value is -2.27. The SMILES string of the molecule is CC(N)CCc1nccc(-c2ccc3ncoc3c2)n1. The minimum atomic E-state index is 0.160. The minimum Gasteiger partial charge on any atom is -0.443 e. The Balaban J connectivity index is 1.90. The molecule has 0 saturated carbocycles. The highest BCUT2D eigenvalue weighted by molar-refractivity contribution is 5.78. The zero-order chi connectivity index (χ0) is 13.9. The molecule has 3 aromatic rings. The van der Waals surface area contributed by atoms with Gasteiger partial charge in [-0.15, -0.1) is 0 Å². The average molecular weight is 268 g/mol. The third kappa shape index (κ3) is 2.67. The van der Waals surface area contributed by atoms with Crippen molar-refractivity contribution in [2.75, 3.05) is 0 Å². The molecule has 3 rings (SSSR count). The van der Waals surface area contributed by atoms with Crippen molar-refractivity contribution < 1.29 is 4.42 Å². The number of aryl methyl sites for hydroxylation is 1. The van der Waals surface area contributed by atoms with Gasteiger partial charge in [0.25, 0.3) is 0 Å². The second kappa shape index (κ2) is 5.38. The fourth-order valence-corrected chi connectivity index (χ4v) is 2.05. The van der Waals surface area contributed by atoms with E-state index < -0.39 is 0 Å². The molecule has 0 fully saturated rings. The van der Waals surface area contributed by atoms with Crippen molar-refractivity contribution in [3.05, 3.63) is 42.7 Å². The molecule has 0 aliphatic heterocycles. The lowest BCUT2D eigenvalue weighted by molar-refractivity contribution is 0.602. The number of hydrogen-bond acceptors (Lipinski definition) is 5. The van der Waals surface area contributed by atoms with E-state index in [1.807, 2.05) is 31.2 Å². The molecule has 5 nitrogen and oxygen atoms in total. The van der Waals surface area contributed by atoms with Gasteiger partial charge in [-0.1, -0.05) is 6.07 Å². The van der Waals surface area contributed by atoms with E-state index in [0.29, 0.717) is 0 Å². The van der Waals surface area contributed by atoms with Crippen LogP contribution in [0.1, 0.15) is 19.2 Å². The molecule has 1 aromatic carbocycles. The monoisotopic (exact) mass is 268 g/mol. The Morgan fingerprint density at radius 3 is 3.00 bits per heavy atom. The van der Waals surface area contributed by atoms with E-state index in [1.54, 1.807) is 6.20 Å². The van der Waals surface area contributed by atoms with Crippen LogP contribution >= 0.6 is 0 Å². The summed E-state index contributed by atoms with van der Waals surface area (Å²) in [7, 11) is 0. The molecule has 0 spiro atoms. The van der Waals surface area contributed by atoms with Crippen LogP contribution in [0.15, 0.2) is 41.3 Å². The van der Waals surface area contributed by atoms with E-state index in [1.165, 1.54) is 6.39 Å². The summed E-state index contributed by atoms with van der Waals surface area (Å²) in [6.45, 7) is 1.99. The Kier molecular flexibility index (Phi) is 3.43. The van der Waals surface area contributed by atoms with Crippen LogP contribution in [0.4, 0.5) is 0 Å². The zero-order valence-electron chi connectivity index (χ0n) is 11.3. The second-order valence-corrected chi connectivity index (χ2v) is 4.91. The van der Waals surface area contributed by atoms with Gasteiger partial charge in [0, 0.05) is 24.2 Å². The average Bonchev–Trinajstić information content (AvgIpc) is 2.93. The quantitative estimate of drug-likeness (QED) is 0.786. The molecule has 0 saturated heterocycles. The summed E-state index contributed by atoms with van der Waals surface area (Å²) in [5.74, 6) is 0.817. The lowest BCUT2D eigenvalue weighted by Crippen LogP contribution is -2.16. The Bertz CT molecular complexity index is 720. The topological polar surface area (TPSA) is 77.8 Å². The summed E-state index contributed by atoms with van der Waals surface area (Å²) in [4.78, 5) is 13.0. The van der Waals surface area contributed by atoms with Crippen LogP contribution in [-0.4, -0.2) is 21.0 Å². The molecule has 102 valence electrons. The number of rotatable bonds is 4. The largest absolute Gasteiger partial charge is 0.443 e. The first-order chi connectivity index (χ1) is 9.72. The Morgan fingerprint density at radius 1 is 1.25 bits per heavy atom. The maximum Gasteiger partial charge on any atom is 0.181 e. The highest BCUT2D eigenvalue weighted by Gasteiger charge is 2.06. The van der Waals surface area contributed by atoms with Crippen LogP contribution < -0.4 is 5.73 Å². The maximum absolute atomic E-state index is 5.76. The number of aromatic nitrogens is 3. The minimum absolute atomic E-state index is 0.160. The van der Waals surface area contributed by atoms with Crippen LogP contribution in [-0.2, 0) is 6.42 Å². The standard InChI is InChI=1S/C15H16N4O/c1-10(16)2-5-15-17-7-6-12(19-15)11-3-4-13-14(8-11)20-9-18-13/h3-4,6-10H,2,5,16H2,1H3. The Morgan fingerprint density at radius 2 is 2.15 bits per heavy atom. The van der Waals surface area contributed by atoms with Gasteiger partial charge in [0.15, 0.2) is 12.0 Å². The van der Waals surface area contributed by atoms with Crippen LogP contribution in [0.5, 0.6) is 0 Å². The van der Waals surface area contributed by atoms with Crippen molar-refractivity contribution in [3.63, 3.8) is 0 Å². The van der Waals surface area contributed by atoms with Crippen molar-refractivity contribution >= 4 is 11.1 Å². The van der Waals surface area contributed by atoms with Crippen LogP contribution in [0.2, 0.25) is 0 Å². The van der Waals surface area contributed by atoms with Crippen molar-refractivity contribution in [2.45, 2.75) is 25.8 Å². The van der Waals surface area contributed by atoms with E-state index in [-0.39, 0.29) is 6.04 Å². The van der Waals surface area contributed by atoms with Gasteiger partial charge in [0.05, 0.1) is 5.69 Å². The molecular weight excluding hydrogens is 252 g/mol. The summed E-state index contributed by atoms with van der Waals surface area (Å²) in [6, 6.07) is 7.92. The van der Waals surface area contributed by atoms with Gasteiger partial charge in [-0.3, -0.25) is 0 Å². The zero-order valence-corrected chi connectivity index (χ0v) is 11.3. The highest BCUT2D eigenvalue weighted by atomic mass is 16.3. The molecule has 5 heteroatoms. The fraction of sp³-hybridized carbons (Fsp3) is 0.267. The van der Waals surface area contributed by atoms with Crippen molar-refractivity contribution in [2.24, 2.45) is 5.73 Å². The van der Waals surface area contributed by atoms with Crippen LogP contribution in [0.3, 0.4) is 0 Å².